The van der Waals surface area contributed by atoms with Gasteiger partial charge >= 0.3 is 0 Å². The predicted molar refractivity (Wildman–Crippen MR) is 103 cm³/mol. The van der Waals surface area contributed by atoms with E-state index in [0.29, 0.717) is 6.54 Å². The SMILES string of the molecule is Cc1nn(C)c(C)c1/C=C\C(=O)NC[C@@H](c1cccs1)N1CCCC1. The first kappa shape index (κ1) is 17.9. The minimum atomic E-state index is -0.0524. The average molecular weight is 359 g/mol. The van der Waals surface area contributed by atoms with Crippen molar-refractivity contribution in [2.24, 2.45) is 7.05 Å². The van der Waals surface area contributed by atoms with Crippen LogP contribution >= 0.6 is 11.3 Å². The Labute approximate surface area is 153 Å². The lowest BCUT2D eigenvalue weighted by Crippen LogP contribution is -2.35. The van der Waals surface area contributed by atoms with Crippen molar-refractivity contribution in [3.05, 3.63) is 45.4 Å². The van der Waals surface area contributed by atoms with Gasteiger partial charge in [0.25, 0.3) is 0 Å². The highest BCUT2D eigenvalue weighted by molar-refractivity contribution is 7.10. The zero-order chi connectivity index (χ0) is 17.8. The van der Waals surface area contributed by atoms with Crippen molar-refractivity contribution in [1.29, 1.82) is 0 Å². The molecule has 1 N–H and O–H groups in total. The van der Waals surface area contributed by atoms with Crippen LogP contribution in [0.15, 0.2) is 23.6 Å². The second kappa shape index (κ2) is 7.97. The molecule has 3 rings (SSSR count). The number of thiophene rings is 1. The summed E-state index contributed by atoms with van der Waals surface area (Å²) in [6, 6.07) is 4.53. The summed E-state index contributed by atoms with van der Waals surface area (Å²) in [6.07, 6.45) is 5.97. The monoisotopic (exact) mass is 358 g/mol. The number of nitrogens with one attached hydrogen (secondary N) is 1. The van der Waals surface area contributed by atoms with Gasteiger partial charge in [-0.1, -0.05) is 6.07 Å². The molecule has 1 aliphatic heterocycles. The van der Waals surface area contributed by atoms with E-state index in [-0.39, 0.29) is 11.9 Å². The molecular weight excluding hydrogens is 332 g/mol. The molecule has 0 radical (unpaired) electrons. The van der Waals surface area contributed by atoms with Gasteiger partial charge in [-0.05, 0) is 57.3 Å². The zero-order valence-corrected chi connectivity index (χ0v) is 16.0. The van der Waals surface area contributed by atoms with Gasteiger partial charge in [-0.2, -0.15) is 5.10 Å². The summed E-state index contributed by atoms with van der Waals surface area (Å²) in [6.45, 7) is 6.85. The molecule has 0 unspecified atom stereocenters. The van der Waals surface area contributed by atoms with E-state index in [1.165, 1.54) is 17.7 Å². The molecule has 2 aromatic heterocycles. The molecular formula is C19H26N4OS. The van der Waals surface area contributed by atoms with Crippen LogP contribution in [0.1, 0.15) is 40.7 Å². The predicted octanol–water partition coefficient (Wildman–Crippen LogP) is 3.06. The maximum Gasteiger partial charge on any atom is 0.244 e. The fourth-order valence-electron chi connectivity index (χ4n) is 3.39. The van der Waals surface area contributed by atoms with Crippen LogP contribution in [0.5, 0.6) is 0 Å². The number of nitrogens with zero attached hydrogens (tertiary/aromatic N) is 3. The van der Waals surface area contributed by atoms with Crippen molar-refractivity contribution in [2.45, 2.75) is 32.7 Å². The minimum Gasteiger partial charge on any atom is -0.351 e. The number of rotatable bonds is 6. The van der Waals surface area contributed by atoms with Gasteiger partial charge < -0.3 is 5.32 Å². The molecule has 0 aliphatic carbocycles. The third-order valence-corrected chi connectivity index (χ3v) is 5.86. The Kier molecular flexibility index (Phi) is 5.71. The summed E-state index contributed by atoms with van der Waals surface area (Å²) in [5.41, 5.74) is 3.03. The number of amides is 1. The second-order valence-electron chi connectivity index (χ2n) is 6.56. The van der Waals surface area contributed by atoms with Crippen LogP contribution in [0.3, 0.4) is 0 Å². The highest BCUT2D eigenvalue weighted by Crippen LogP contribution is 2.27. The van der Waals surface area contributed by atoms with Crippen LogP contribution in [0.2, 0.25) is 0 Å². The van der Waals surface area contributed by atoms with E-state index >= 15 is 0 Å². The van der Waals surface area contributed by atoms with Gasteiger partial charge in [-0.3, -0.25) is 14.4 Å². The van der Waals surface area contributed by atoms with E-state index < -0.39 is 0 Å². The van der Waals surface area contributed by atoms with E-state index in [0.717, 1.165) is 30.0 Å². The first-order chi connectivity index (χ1) is 12.1. The largest absolute Gasteiger partial charge is 0.351 e. The normalized spacial score (nSPS) is 16.6. The number of hydrogen-bond acceptors (Lipinski definition) is 4. The Hall–Kier alpha value is -1.92. The summed E-state index contributed by atoms with van der Waals surface area (Å²) in [5.74, 6) is -0.0524. The number of aromatic nitrogens is 2. The van der Waals surface area contributed by atoms with E-state index in [9.17, 15) is 4.79 Å². The molecule has 0 saturated carbocycles. The molecule has 134 valence electrons. The number of aryl methyl sites for hydroxylation is 2. The summed E-state index contributed by atoms with van der Waals surface area (Å²) >= 11 is 1.76. The average Bonchev–Trinajstić information content (AvgIpc) is 3.32. The number of hydrogen-bond donors (Lipinski definition) is 1. The van der Waals surface area contributed by atoms with E-state index in [2.05, 4.69) is 32.8 Å². The Morgan fingerprint density at radius 1 is 1.40 bits per heavy atom. The number of carbonyl (C=O) groups excluding carboxylic acids is 1. The standard InChI is InChI=1S/C19H26N4OS/c1-14-16(15(2)22(3)21-14)8-9-19(24)20-13-17(18-7-6-12-25-18)23-10-4-5-11-23/h6-9,12,17H,4-5,10-11,13H2,1-3H3,(H,20,24)/b9-8-/t17-/m0/s1. The molecule has 0 bridgehead atoms. The maximum atomic E-state index is 12.3. The van der Waals surface area contributed by atoms with E-state index in [4.69, 9.17) is 0 Å². The highest BCUT2D eigenvalue weighted by atomic mass is 32.1. The Balaban J connectivity index is 1.62. The van der Waals surface area contributed by atoms with Crippen molar-refractivity contribution >= 4 is 23.3 Å². The fraction of sp³-hybridized carbons (Fsp3) is 0.474. The quantitative estimate of drug-likeness (QED) is 0.808. The zero-order valence-electron chi connectivity index (χ0n) is 15.2. The minimum absolute atomic E-state index is 0.0524. The molecule has 25 heavy (non-hydrogen) atoms. The van der Waals surface area contributed by atoms with Crippen molar-refractivity contribution in [1.82, 2.24) is 20.0 Å². The molecule has 5 nitrogen and oxygen atoms in total. The van der Waals surface area contributed by atoms with Gasteiger partial charge in [0, 0.05) is 35.8 Å². The van der Waals surface area contributed by atoms with Crippen LogP contribution < -0.4 is 5.32 Å². The molecule has 2 aromatic rings. The summed E-state index contributed by atoms with van der Waals surface area (Å²) in [7, 11) is 1.92. The van der Waals surface area contributed by atoms with Gasteiger partial charge in [-0.25, -0.2) is 0 Å². The molecule has 3 heterocycles. The molecule has 6 heteroatoms. The number of likely N-dealkylation sites (tertiary alicyclic amines) is 1. The lowest BCUT2D eigenvalue weighted by atomic mass is 10.2. The molecule has 1 amide bonds. The van der Waals surface area contributed by atoms with Gasteiger partial charge in [0.2, 0.25) is 5.91 Å². The molecule has 1 aliphatic rings. The van der Waals surface area contributed by atoms with Gasteiger partial charge in [0.05, 0.1) is 11.7 Å². The smallest absolute Gasteiger partial charge is 0.244 e. The lowest BCUT2D eigenvalue weighted by Gasteiger charge is -2.26. The van der Waals surface area contributed by atoms with Crippen LogP contribution in [0.25, 0.3) is 6.08 Å². The Bertz CT molecular complexity index is 742. The van der Waals surface area contributed by atoms with Crippen LogP contribution in [-0.4, -0.2) is 40.2 Å². The molecule has 0 aromatic carbocycles. The van der Waals surface area contributed by atoms with E-state index in [1.807, 2.05) is 31.7 Å². The summed E-state index contributed by atoms with van der Waals surface area (Å²) in [5, 5.41) is 9.56. The lowest BCUT2D eigenvalue weighted by molar-refractivity contribution is -0.116. The van der Waals surface area contributed by atoms with Crippen molar-refractivity contribution < 1.29 is 4.79 Å². The van der Waals surface area contributed by atoms with Crippen LogP contribution in [-0.2, 0) is 11.8 Å². The topological polar surface area (TPSA) is 50.2 Å². The fourth-order valence-corrected chi connectivity index (χ4v) is 4.25. The first-order valence-electron chi connectivity index (χ1n) is 8.80. The van der Waals surface area contributed by atoms with E-state index in [1.54, 1.807) is 17.4 Å². The van der Waals surface area contributed by atoms with Gasteiger partial charge in [0.1, 0.15) is 0 Å². The Morgan fingerprint density at radius 2 is 2.16 bits per heavy atom. The summed E-state index contributed by atoms with van der Waals surface area (Å²) in [4.78, 5) is 16.1. The Morgan fingerprint density at radius 3 is 2.76 bits per heavy atom. The molecule has 0 spiro atoms. The third-order valence-electron chi connectivity index (χ3n) is 4.89. The molecule has 1 fully saturated rings. The van der Waals surface area contributed by atoms with Gasteiger partial charge in [0.15, 0.2) is 0 Å². The van der Waals surface area contributed by atoms with Crippen molar-refractivity contribution in [2.75, 3.05) is 19.6 Å². The van der Waals surface area contributed by atoms with Gasteiger partial charge in [-0.15, -0.1) is 11.3 Å². The second-order valence-corrected chi connectivity index (χ2v) is 7.54. The van der Waals surface area contributed by atoms with Crippen LogP contribution in [0, 0.1) is 13.8 Å². The highest BCUT2D eigenvalue weighted by Gasteiger charge is 2.24. The summed E-state index contributed by atoms with van der Waals surface area (Å²) < 4.78 is 1.84. The van der Waals surface area contributed by atoms with Crippen molar-refractivity contribution in [3.63, 3.8) is 0 Å². The molecule has 1 saturated heterocycles. The number of carbonyl (C=O) groups is 1. The maximum absolute atomic E-state index is 12.3. The van der Waals surface area contributed by atoms with Crippen LogP contribution in [0.4, 0.5) is 0 Å². The third kappa shape index (κ3) is 4.19. The first-order valence-corrected chi connectivity index (χ1v) is 9.68. The van der Waals surface area contributed by atoms with Crippen molar-refractivity contribution in [3.8, 4) is 0 Å². The molecule has 1 atom stereocenters.